The molecular weight excluding hydrogens is 453 g/mol. The molecular formula is C19H14Cl2N3O7-. The summed E-state index contributed by atoms with van der Waals surface area (Å²) in [6.45, 7) is 0.172. The molecule has 1 saturated heterocycles. The van der Waals surface area contributed by atoms with E-state index in [2.05, 4.69) is 5.32 Å². The first-order chi connectivity index (χ1) is 14.7. The van der Waals surface area contributed by atoms with Crippen molar-refractivity contribution in [2.24, 2.45) is 0 Å². The molecule has 0 spiro atoms. The topological polar surface area (TPSA) is 142 Å². The number of anilines is 1. The highest BCUT2D eigenvalue weighted by molar-refractivity contribution is 6.34. The molecule has 2 amide bonds. The SMILES string of the molecule is O=C(Nc1ccc([N+](=O)[O-])cc1Cl)c1cc(Cl)ccc1OC(=O)N1CCC[C@H]1C(=O)[O-]. The van der Waals surface area contributed by atoms with Gasteiger partial charge in [0.05, 0.1) is 33.2 Å². The Morgan fingerprint density at radius 1 is 1.16 bits per heavy atom. The van der Waals surface area contributed by atoms with E-state index in [1.807, 2.05) is 0 Å². The van der Waals surface area contributed by atoms with Gasteiger partial charge in [0, 0.05) is 23.7 Å². The Balaban J connectivity index is 1.83. The number of hydrogen-bond acceptors (Lipinski definition) is 7. The van der Waals surface area contributed by atoms with E-state index in [1.165, 1.54) is 24.3 Å². The van der Waals surface area contributed by atoms with E-state index >= 15 is 0 Å². The van der Waals surface area contributed by atoms with E-state index in [1.54, 1.807) is 0 Å². The standard InChI is InChI=1S/C19H15Cl2N3O7/c20-10-3-6-16(31-19(28)23-7-1-2-15(23)18(26)27)12(8-10)17(25)22-14-5-4-11(24(29)30)9-13(14)21/h3-6,8-9,15H,1-2,7H2,(H,22,25)(H,26,27)/p-1/t15-/m0/s1. The lowest BCUT2D eigenvalue weighted by atomic mass is 10.1. The number of halogens is 2. The third-order valence-corrected chi connectivity index (χ3v) is 5.10. The number of aliphatic carboxylic acids is 1. The van der Waals surface area contributed by atoms with E-state index in [9.17, 15) is 29.6 Å². The molecule has 0 saturated carbocycles. The van der Waals surface area contributed by atoms with Gasteiger partial charge in [0.25, 0.3) is 11.6 Å². The summed E-state index contributed by atoms with van der Waals surface area (Å²) in [6, 6.07) is 6.30. The van der Waals surface area contributed by atoms with Crippen LogP contribution in [0.1, 0.15) is 23.2 Å². The van der Waals surface area contributed by atoms with E-state index in [-0.39, 0.29) is 45.7 Å². The number of nitro benzene ring substituents is 1. The summed E-state index contributed by atoms with van der Waals surface area (Å²) in [7, 11) is 0. The number of carbonyl (C=O) groups is 3. The molecule has 2 aromatic rings. The van der Waals surface area contributed by atoms with Crippen LogP contribution in [0.5, 0.6) is 5.75 Å². The molecule has 1 aliphatic rings. The number of amides is 2. The molecule has 31 heavy (non-hydrogen) atoms. The third-order valence-electron chi connectivity index (χ3n) is 4.55. The second kappa shape index (κ2) is 9.19. The van der Waals surface area contributed by atoms with Crippen molar-refractivity contribution in [1.29, 1.82) is 0 Å². The molecule has 0 aliphatic carbocycles. The third kappa shape index (κ3) is 5.04. The number of hydrogen-bond donors (Lipinski definition) is 1. The van der Waals surface area contributed by atoms with Crippen LogP contribution in [0.15, 0.2) is 36.4 Å². The van der Waals surface area contributed by atoms with Crippen molar-refractivity contribution in [3.63, 3.8) is 0 Å². The van der Waals surface area contributed by atoms with Crippen LogP contribution >= 0.6 is 23.2 Å². The fourth-order valence-electron chi connectivity index (χ4n) is 3.06. The highest BCUT2D eigenvalue weighted by Gasteiger charge is 2.32. The van der Waals surface area contributed by atoms with Crippen LogP contribution in [-0.4, -0.2) is 40.4 Å². The van der Waals surface area contributed by atoms with Crippen molar-refractivity contribution in [2.45, 2.75) is 18.9 Å². The summed E-state index contributed by atoms with van der Waals surface area (Å²) >= 11 is 12.0. The molecule has 0 radical (unpaired) electrons. The summed E-state index contributed by atoms with van der Waals surface area (Å²) in [5.41, 5.74) is -0.293. The van der Waals surface area contributed by atoms with E-state index in [0.717, 1.165) is 17.0 Å². The number of carbonyl (C=O) groups excluding carboxylic acids is 3. The van der Waals surface area contributed by atoms with Crippen molar-refractivity contribution in [3.8, 4) is 5.75 Å². The summed E-state index contributed by atoms with van der Waals surface area (Å²) in [5, 5.41) is 24.6. The number of carboxylic acids is 1. The van der Waals surface area contributed by atoms with Crippen molar-refractivity contribution in [2.75, 3.05) is 11.9 Å². The van der Waals surface area contributed by atoms with Crippen LogP contribution in [0.25, 0.3) is 0 Å². The number of rotatable bonds is 5. The summed E-state index contributed by atoms with van der Waals surface area (Å²) in [6.07, 6.45) is -0.235. The number of benzene rings is 2. The minimum absolute atomic E-state index is 0.0722. The van der Waals surface area contributed by atoms with E-state index < -0.39 is 28.9 Å². The smallest absolute Gasteiger partial charge is 0.415 e. The number of nitrogens with one attached hydrogen (secondary N) is 1. The minimum atomic E-state index is -1.39. The van der Waals surface area contributed by atoms with Crippen molar-refractivity contribution >= 4 is 52.5 Å². The first-order valence-corrected chi connectivity index (χ1v) is 9.67. The molecule has 2 aromatic carbocycles. The van der Waals surface area contributed by atoms with Gasteiger partial charge in [-0.15, -0.1) is 0 Å². The molecule has 1 fully saturated rings. The number of non-ortho nitro benzene ring substituents is 1. The Morgan fingerprint density at radius 3 is 2.55 bits per heavy atom. The van der Waals surface area contributed by atoms with Crippen molar-refractivity contribution in [3.05, 3.63) is 62.1 Å². The molecule has 10 nitrogen and oxygen atoms in total. The van der Waals surface area contributed by atoms with Gasteiger partial charge in [-0.05, 0) is 37.1 Å². The van der Waals surface area contributed by atoms with Gasteiger partial charge in [-0.2, -0.15) is 0 Å². The van der Waals surface area contributed by atoms with E-state index in [0.29, 0.717) is 6.42 Å². The van der Waals surface area contributed by atoms with Gasteiger partial charge in [0.1, 0.15) is 5.75 Å². The molecule has 162 valence electrons. The zero-order chi connectivity index (χ0) is 22.7. The first-order valence-electron chi connectivity index (χ1n) is 8.91. The zero-order valence-corrected chi connectivity index (χ0v) is 17.2. The molecule has 1 heterocycles. The molecule has 0 unspecified atom stereocenters. The normalized spacial score (nSPS) is 15.4. The molecule has 0 bridgehead atoms. The van der Waals surface area contributed by atoms with Crippen LogP contribution < -0.4 is 15.2 Å². The first kappa shape index (κ1) is 22.3. The number of ether oxygens (including phenoxy) is 1. The molecule has 12 heteroatoms. The summed E-state index contributed by atoms with van der Waals surface area (Å²) in [4.78, 5) is 47.6. The molecule has 3 rings (SSSR count). The average Bonchev–Trinajstić information content (AvgIpc) is 3.21. The Labute approximate surface area is 185 Å². The molecule has 0 aromatic heterocycles. The number of nitro groups is 1. The lowest BCUT2D eigenvalue weighted by molar-refractivity contribution is -0.384. The van der Waals surface area contributed by atoms with Crippen molar-refractivity contribution in [1.82, 2.24) is 4.90 Å². The second-order valence-corrected chi connectivity index (χ2v) is 7.40. The van der Waals surface area contributed by atoms with Gasteiger partial charge in [-0.25, -0.2) is 4.79 Å². The highest BCUT2D eigenvalue weighted by atomic mass is 35.5. The van der Waals surface area contributed by atoms with E-state index in [4.69, 9.17) is 27.9 Å². The van der Waals surface area contributed by atoms with Crippen LogP contribution in [0.3, 0.4) is 0 Å². The maximum Gasteiger partial charge on any atom is 0.415 e. The fraction of sp³-hybridized carbons (Fsp3) is 0.211. The fourth-order valence-corrected chi connectivity index (χ4v) is 3.45. The minimum Gasteiger partial charge on any atom is -0.548 e. The van der Waals surface area contributed by atoms with Gasteiger partial charge in [0.2, 0.25) is 0 Å². The summed E-state index contributed by atoms with van der Waals surface area (Å²) < 4.78 is 5.26. The maximum atomic E-state index is 12.8. The maximum absolute atomic E-state index is 12.8. The zero-order valence-electron chi connectivity index (χ0n) is 15.7. The van der Waals surface area contributed by atoms with Crippen LogP contribution in [0, 0.1) is 10.1 Å². The number of carboxylic acid groups (broad SMARTS) is 1. The van der Waals surface area contributed by atoms with Crippen molar-refractivity contribution < 1.29 is 29.2 Å². The second-order valence-electron chi connectivity index (χ2n) is 6.55. The number of likely N-dealkylation sites (tertiary alicyclic amines) is 1. The Kier molecular flexibility index (Phi) is 6.62. The largest absolute Gasteiger partial charge is 0.548 e. The predicted molar refractivity (Wildman–Crippen MR) is 108 cm³/mol. The monoisotopic (exact) mass is 466 g/mol. The lowest BCUT2D eigenvalue weighted by Gasteiger charge is -2.24. The average molecular weight is 467 g/mol. The predicted octanol–water partition coefficient (Wildman–Crippen LogP) is 2.87. The van der Waals surface area contributed by atoms with Gasteiger partial charge in [0.15, 0.2) is 0 Å². The van der Waals surface area contributed by atoms with Gasteiger partial charge in [-0.3, -0.25) is 19.8 Å². The van der Waals surface area contributed by atoms with Crippen LogP contribution in [0.4, 0.5) is 16.2 Å². The Bertz CT molecular complexity index is 1080. The Morgan fingerprint density at radius 2 is 1.90 bits per heavy atom. The van der Waals surface area contributed by atoms with Gasteiger partial charge in [-0.1, -0.05) is 23.2 Å². The highest BCUT2D eigenvalue weighted by Crippen LogP contribution is 2.30. The molecule has 1 N–H and O–H groups in total. The van der Waals surface area contributed by atoms with Gasteiger partial charge < -0.3 is 20.0 Å². The van der Waals surface area contributed by atoms with Crippen LogP contribution in [-0.2, 0) is 4.79 Å². The molecule has 1 atom stereocenters. The summed E-state index contributed by atoms with van der Waals surface area (Å²) in [5.74, 6) is -2.30. The van der Waals surface area contributed by atoms with Gasteiger partial charge >= 0.3 is 6.09 Å². The molecule has 1 aliphatic heterocycles. The Hall–Kier alpha value is -3.37. The quantitative estimate of drug-likeness (QED) is 0.526. The van der Waals surface area contributed by atoms with Crippen LogP contribution in [0.2, 0.25) is 10.0 Å². The lowest BCUT2D eigenvalue weighted by Crippen LogP contribution is -2.48. The number of nitrogens with zero attached hydrogens (tertiary/aromatic N) is 2.